The summed E-state index contributed by atoms with van der Waals surface area (Å²) in [4.78, 5) is 15.2. The first-order valence-corrected chi connectivity index (χ1v) is 11.4. The molecule has 3 rings (SSSR count). The zero-order chi connectivity index (χ0) is 25.4. The number of aromatic nitrogens is 1. The number of thioether (sulfide) groups is 1. The lowest BCUT2D eigenvalue weighted by molar-refractivity contribution is -0.274. The SMILES string of the molecule is CC/C=C(\Nc1ccc(F)cc1)c1ccc(SCc2cc(OC(F)(F)F)ccc2B(O)N=O)nc1. The lowest BCUT2D eigenvalue weighted by Crippen LogP contribution is -2.31. The third kappa shape index (κ3) is 7.83. The molecule has 0 radical (unpaired) electrons. The summed E-state index contributed by atoms with van der Waals surface area (Å²) in [5.41, 5.74) is 2.60. The second-order valence-corrected chi connectivity index (χ2v) is 8.21. The van der Waals surface area contributed by atoms with Crippen molar-refractivity contribution in [3.8, 4) is 5.75 Å². The molecule has 0 aliphatic rings. The van der Waals surface area contributed by atoms with Crippen molar-refractivity contribution in [3.05, 3.63) is 88.7 Å². The van der Waals surface area contributed by atoms with Gasteiger partial charge in [-0.05, 0) is 66.0 Å². The van der Waals surface area contributed by atoms with E-state index in [1.165, 1.54) is 30.0 Å². The Hall–Kier alpha value is -3.38. The van der Waals surface area contributed by atoms with Crippen LogP contribution in [0.4, 0.5) is 23.2 Å². The van der Waals surface area contributed by atoms with E-state index in [0.29, 0.717) is 10.7 Å². The van der Waals surface area contributed by atoms with Gasteiger partial charge in [-0.25, -0.2) is 9.37 Å². The normalized spacial score (nSPS) is 11.8. The van der Waals surface area contributed by atoms with Gasteiger partial charge in [0.2, 0.25) is 0 Å². The van der Waals surface area contributed by atoms with Gasteiger partial charge in [-0.3, -0.25) is 0 Å². The molecule has 0 aliphatic carbocycles. The van der Waals surface area contributed by atoms with Gasteiger partial charge < -0.3 is 15.1 Å². The molecule has 2 aromatic carbocycles. The van der Waals surface area contributed by atoms with Gasteiger partial charge in [0.25, 0.3) is 0 Å². The molecule has 1 heterocycles. The summed E-state index contributed by atoms with van der Waals surface area (Å²) in [6.45, 7) is 1.97. The Morgan fingerprint density at radius 1 is 1.20 bits per heavy atom. The molecule has 0 fully saturated rings. The zero-order valence-corrected chi connectivity index (χ0v) is 19.2. The lowest BCUT2D eigenvalue weighted by Gasteiger charge is -2.14. The average molecular weight is 505 g/mol. The molecule has 35 heavy (non-hydrogen) atoms. The number of nitrogens with one attached hydrogen (secondary N) is 1. The molecular weight excluding hydrogens is 485 g/mol. The van der Waals surface area contributed by atoms with Crippen LogP contribution in [-0.4, -0.2) is 23.4 Å². The zero-order valence-electron chi connectivity index (χ0n) is 18.4. The molecule has 0 bridgehead atoms. The first-order valence-electron chi connectivity index (χ1n) is 10.4. The molecule has 0 amide bonds. The summed E-state index contributed by atoms with van der Waals surface area (Å²) < 4.78 is 54.8. The summed E-state index contributed by atoms with van der Waals surface area (Å²) in [6, 6.07) is 12.8. The standard InChI is InChI=1S/C23H20BF4N3O3S/c1-2-3-21(30-18-7-5-17(25)6-8-18)15-4-11-22(29-13-15)35-14-16-12-19(34-23(26,27)28)9-10-20(16)24(32)31-33/h3-13,30,32H,2,14H2,1H3/b21-3-. The summed E-state index contributed by atoms with van der Waals surface area (Å²) >= 11 is 1.20. The van der Waals surface area contributed by atoms with Gasteiger partial charge in [0.15, 0.2) is 0 Å². The molecule has 0 saturated heterocycles. The maximum atomic E-state index is 13.2. The van der Waals surface area contributed by atoms with E-state index < -0.39 is 19.2 Å². The highest BCUT2D eigenvalue weighted by Gasteiger charge is 2.32. The fourth-order valence-electron chi connectivity index (χ4n) is 3.12. The number of allylic oxidation sites excluding steroid dienone is 1. The number of ether oxygens (including phenoxy) is 1. The van der Waals surface area contributed by atoms with Crippen molar-refractivity contribution in [3.63, 3.8) is 0 Å². The largest absolute Gasteiger partial charge is 0.573 e. The van der Waals surface area contributed by atoms with Gasteiger partial charge in [0.1, 0.15) is 11.6 Å². The number of anilines is 1. The van der Waals surface area contributed by atoms with E-state index in [2.05, 4.69) is 20.1 Å². The molecule has 1 aromatic heterocycles. The molecular formula is C23H20BF4N3O3S. The van der Waals surface area contributed by atoms with Crippen LogP contribution in [0.25, 0.3) is 5.70 Å². The van der Waals surface area contributed by atoms with E-state index in [1.54, 1.807) is 24.4 Å². The van der Waals surface area contributed by atoms with Crippen LogP contribution in [0.2, 0.25) is 0 Å². The van der Waals surface area contributed by atoms with E-state index in [9.17, 15) is 27.5 Å². The molecule has 12 heteroatoms. The van der Waals surface area contributed by atoms with Crippen LogP contribution in [0.5, 0.6) is 5.75 Å². The number of hydrogen-bond donors (Lipinski definition) is 2. The van der Waals surface area contributed by atoms with Gasteiger partial charge in [-0.1, -0.05) is 24.2 Å². The van der Waals surface area contributed by atoms with Crippen LogP contribution >= 0.6 is 11.8 Å². The fraction of sp³-hybridized carbons (Fsp3) is 0.174. The van der Waals surface area contributed by atoms with Gasteiger partial charge >= 0.3 is 13.4 Å². The molecule has 0 aliphatic heterocycles. The number of alkyl halides is 3. The number of benzene rings is 2. The smallest absolute Gasteiger partial charge is 0.425 e. The van der Waals surface area contributed by atoms with Gasteiger partial charge in [-0.2, -0.15) is 4.91 Å². The van der Waals surface area contributed by atoms with Crippen LogP contribution in [0.1, 0.15) is 24.5 Å². The molecule has 6 nitrogen and oxygen atoms in total. The second-order valence-electron chi connectivity index (χ2n) is 7.22. The molecule has 3 aromatic rings. The number of nitroso groups, excluding NO2 is 1. The van der Waals surface area contributed by atoms with Crippen LogP contribution < -0.4 is 15.5 Å². The lowest BCUT2D eigenvalue weighted by atomic mass is 9.73. The quantitative estimate of drug-likeness (QED) is 0.159. The van der Waals surface area contributed by atoms with Gasteiger partial charge in [0.05, 0.1) is 5.03 Å². The number of rotatable bonds is 10. The molecule has 0 saturated carbocycles. The van der Waals surface area contributed by atoms with Crippen molar-refractivity contribution >= 4 is 35.7 Å². The minimum Gasteiger partial charge on any atom is -0.425 e. The Bertz CT molecular complexity index is 1180. The number of halogens is 4. The van der Waals surface area contributed by atoms with E-state index >= 15 is 0 Å². The maximum Gasteiger partial charge on any atom is 0.573 e. The van der Waals surface area contributed by atoms with E-state index in [-0.39, 0.29) is 22.6 Å². The number of pyridine rings is 1. The number of nitrogens with zero attached hydrogens (tertiary/aromatic N) is 2. The van der Waals surface area contributed by atoms with Crippen molar-refractivity contribution in [2.75, 3.05) is 5.32 Å². The number of hydrogen-bond acceptors (Lipinski definition) is 7. The summed E-state index contributed by atoms with van der Waals surface area (Å²) in [5.74, 6) is -0.705. The second kappa shape index (κ2) is 11.9. The Balaban J connectivity index is 1.75. The Kier molecular flexibility index (Phi) is 8.88. The topological polar surface area (TPSA) is 83.8 Å². The van der Waals surface area contributed by atoms with Crippen molar-refractivity contribution in [2.24, 2.45) is 5.09 Å². The summed E-state index contributed by atoms with van der Waals surface area (Å²) in [7, 11) is -1.72. The molecule has 182 valence electrons. The third-order valence-corrected chi connectivity index (χ3v) is 5.67. The molecule has 0 atom stereocenters. The molecule has 2 N–H and O–H groups in total. The van der Waals surface area contributed by atoms with E-state index in [4.69, 9.17) is 0 Å². The average Bonchev–Trinajstić information content (AvgIpc) is 2.83. The third-order valence-electron chi connectivity index (χ3n) is 4.68. The summed E-state index contributed by atoms with van der Waals surface area (Å²) in [5, 5.41) is 16.2. The minimum absolute atomic E-state index is 0.0790. The Labute approximate surface area is 203 Å². The Morgan fingerprint density at radius 2 is 1.94 bits per heavy atom. The van der Waals surface area contributed by atoms with Crippen molar-refractivity contribution in [2.45, 2.75) is 30.5 Å². The van der Waals surface area contributed by atoms with Crippen molar-refractivity contribution < 1.29 is 27.3 Å². The monoisotopic (exact) mass is 505 g/mol. The van der Waals surface area contributed by atoms with Gasteiger partial charge in [-0.15, -0.1) is 24.9 Å². The van der Waals surface area contributed by atoms with Crippen molar-refractivity contribution in [1.29, 1.82) is 0 Å². The molecule has 0 unspecified atom stereocenters. The van der Waals surface area contributed by atoms with E-state index in [0.717, 1.165) is 29.8 Å². The van der Waals surface area contributed by atoms with Crippen LogP contribution in [0, 0.1) is 10.7 Å². The Morgan fingerprint density at radius 3 is 2.54 bits per heavy atom. The highest BCUT2D eigenvalue weighted by molar-refractivity contribution is 7.98. The van der Waals surface area contributed by atoms with Crippen LogP contribution in [0.15, 0.2) is 77.0 Å². The van der Waals surface area contributed by atoms with Crippen LogP contribution in [-0.2, 0) is 5.75 Å². The summed E-state index contributed by atoms with van der Waals surface area (Å²) in [6.07, 6.45) is -0.547. The van der Waals surface area contributed by atoms with Crippen LogP contribution in [0.3, 0.4) is 0 Å². The predicted octanol–water partition coefficient (Wildman–Crippen LogP) is 5.73. The maximum absolute atomic E-state index is 13.2. The first kappa shape index (κ1) is 26.2. The van der Waals surface area contributed by atoms with Crippen molar-refractivity contribution in [1.82, 2.24) is 4.98 Å². The van der Waals surface area contributed by atoms with Gasteiger partial charge in [0, 0.05) is 28.9 Å². The first-order chi connectivity index (χ1) is 16.7. The predicted molar refractivity (Wildman–Crippen MR) is 129 cm³/mol. The highest BCUT2D eigenvalue weighted by atomic mass is 32.2. The van der Waals surface area contributed by atoms with E-state index in [1.807, 2.05) is 19.1 Å². The highest BCUT2D eigenvalue weighted by Crippen LogP contribution is 2.27. The minimum atomic E-state index is -4.88. The molecule has 0 spiro atoms. The fourth-order valence-corrected chi connectivity index (χ4v) is 3.97.